The third-order valence-corrected chi connectivity index (χ3v) is 8.23. The summed E-state index contributed by atoms with van der Waals surface area (Å²) in [5, 5.41) is -0.352. The van der Waals surface area contributed by atoms with Crippen molar-refractivity contribution in [1.29, 1.82) is 0 Å². The Morgan fingerprint density at radius 1 is 0.388 bits per heavy atom. The molecule has 0 amide bonds. The van der Waals surface area contributed by atoms with Gasteiger partial charge in [-0.3, -0.25) is 0 Å². The van der Waals surface area contributed by atoms with Gasteiger partial charge in [0.05, 0.1) is 20.6 Å². The van der Waals surface area contributed by atoms with Gasteiger partial charge in [0.1, 0.15) is 11.2 Å². The van der Waals surface area contributed by atoms with E-state index in [0.717, 1.165) is 22.3 Å². The van der Waals surface area contributed by atoms with E-state index in [1.54, 1.807) is 12.1 Å². The lowest BCUT2D eigenvalue weighted by Crippen LogP contribution is -2.00. The summed E-state index contributed by atoms with van der Waals surface area (Å²) in [5.41, 5.74) is 3.86. The molecule has 4 heteroatoms. The van der Waals surface area contributed by atoms with Gasteiger partial charge in [-0.25, -0.2) is 15.0 Å². The minimum Gasteiger partial charge on any atom is -0.455 e. The highest BCUT2D eigenvalue weighted by atomic mass is 16.3. The predicted octanol–water partition coefficient (Wildman–Crippen LogP) is 11.8. The first-order valence-corrected chi connectivity index (χ1v) is 15.5. The fraction of sp³-hybridized carbons (Fsp3) is 0. The van der Waals surface area contributed by atoms with Crippen LogP contribution in [0, 0.1) is 0 Å². The summed E-state index contributed by atoms with van der Waals surface area (Å²) in [5.74, 6) is 0.300. The van der Waals surface area contributed by atoms with Gasteiger partial charge in [-0.2, -0.15) is 0 Å². The van der Waals surface area contributed by atoms with Gasteiger partial charge in [0.15, 0.2) is 17.5 Å². The highest BCUT2D eigenvalue weighted by Crippen LogP contribution is 2.41. The van der Waals surface area contributed by atoms with Crippen LogP contribution in [0.1, 0.15) is 15.1 Å². The SMILES string of the molecule is [2H]c1c([2H])c([2H])c(-c2c([2H])c([2H])c(-c3nc(-c4ccccc4)nc(-c4ccc(-c5ccc(-c6ccccc6)cc5)cc4)n3)c3oc4c([2H])c([2H])c([2H])c([2H])c4c23)c([2H])c1[2H]. The van der Waals surface area contributed by atoms with Crippen LogP contribution in [0.4, 0.5) is 0 Å². The molecule has 0 bridgehead atoms. The molecular weight excluding hydrogens is 599 g/mol. The van der Waals surface area contributed by atoms with E-state index in [1.807, 2.05) is 72.8 Å². The van der Waals surface area contributed by atoms with Gasteiger partial charge in [-0.1, -0.05) is 164 Å². The number of furan rings is 1. The topological polar surface area (TPSA) is 51.8 Å². The van der Waals surface area contributed by atoms with Crippen LogP contribution >= 0.6 is 0 Å². The van der Waals surface area contributed by atoms with Crippen molar-refractivity contribution in [1.82, 2.24) is 15.0 Å². The lowest BCUT2D eigenvalue weighted by atomic mass is 9.97. The lowest BCUT2D eigenvalue weighted by Gasteiger charge is -2.11. The molecule has 0 unspecified atom stereocenters. The smallest absolute Gasteiger partial charge is 0.167 e. The molecule has 0 saturated heterocycles. The van der Waals surface area contributed by atoms with Crippen molar-refractivity contribution in [2.75, 3.05) is 0 Å². The van der Waals surface area contributed by atoms with Crippen LogP contribution in [0.2, 0.25) is 0 Å². The van der Waals surface area contributed by atoms with Crippen LogP contribution < -0.4 is 0 Å². The summed E-state index contributed by atoms with van der Waals surface area (Å²) in [6.07, 6.45) is 0. The third-order valence-electron chi connectivity index (χ3n) is 8.23. The first-order chi connectivity index (χ1) is 28.8. The number of para-hydroxylation sites is 1. The Kier molecular flexibility index (Phi) is 4.78. The Balaban J connectivity index is 1.29. The Morgan fingerprint density at radius 3 is 1.49 bits per heavy atom. The minimum absolute atomic E-state index is 0.121. The molecule has 49 heavy (non-hydrogen) atoms. The molecule has 0 aliphatic heterocycles. The average molecular weight is 639 g/mol. The summed E-state index contributed by atoms with van der Waals surface area (Å²) in [4.78, 5) is 14.4. The lowest BCUT2D eigenvalue weighted by molar-refractivity contribution is 0.669. The minimum atomic E-state index is -0.686. The second-order valence-electron chi connectivity index (χ2n) is 11.2. The van der Waals surface area contributed by atoms with Crippen molar-refractivity contribution < 1.29 is 19.5 Å². The summed E-state index contributed by atoms with van der Waals surface area (Å²) in [7, 11) is 0. The zero-order chi connectivity index (χ0) is 42.1. The highest BCUT2D eigenvalue weighted by Gasteiger charge is 2.20. The molecule has 0 aliphatic rings. The van der Waals surface area contributed by atoms with E-state index in [9.17, 15) is 2.74 Å². The Labute approximate surface area is 299 Å². The standard InChI is InChI=1S/C45H29N3O/c1-4-12-30(13-5-1)31-20-22-32(23-21-31)33-24-26-36(27-25-33)44-46-43(35-16-8-3-9-17-35)47-45(48-44)39-29-28-37(34-14-6-2-7-15-34)41-38-18-10-11-19-40(38)49-42(39)41/h1-29H/i2D,6D,7D,10D,11D,14D,15D,18D,19D,28D,29D. The molecule has 0 aliphatic carbocycles. The Hall–Kier alpha value is -6.65. The summed E-state index contributed by atoms with van der Waals surface area (Å²) in [6.45, 7) is 0. The summed E-state index contributed by atoms with van der Waals surface area (Å²) in [6, 6.07) is 28.1. The average Bonchev–Trinajstić information content (AvgIpc) is 3.68. The summed E-state index contributed by atoms with van der Waals surface area (Å²) >= 11 is 0. The van der Waals surface area contributed by atoms with Gasteiger partial charge in [-0.15, -0.1) is 0 Å². The van der Waals surface area contributed by atoms with E-state index in [-0.39, 0.29) is 50.5 Å². The molecule has 0 fully saturated rings. The van der Waals surface area contributed by atoms with Crippen LogP contribution in [0.15, 0.2) is 180 Å². The molecule has 4 nitrogen and oxygen atoms in total. The van der Waals surface area contributed by atoms with Crippen LogP contribution in [-0.4, -0.2) is 15.0 Å². The number of hydrogen-bond donors (Lipinski definition) is 0. The second-order valence-corrected chi connectivity index (χ2v) is 11.2. The van der Waals surface area contributed by atoms with Crippen molar-refractivity contribution >= 4 is 21.9 Å². The van der Waals surface area contributed by atoms with Gasteiger partial charge < -0.3 is 4.42 Å². The number of nitrogens with zero attached hydrogens (tertiary/aromatic N) is 3. The number of fused-ring (bicyclic) bond motifs is 3. The maximum atomic E-state index is 9.44. The molecule has 0 atom stereocenters. The molecular formula is C45H29N3O. The van der Waals surface area contributed by atoms with E-state index in [0.29, 0.717) is 11.1 Å². The van der Waals surface area contributed by atoms with Gasteiger partial charge in [0.25, 0.3) is 0 Å². The van der Waals surface area contributed by atoms with Crippen molar-refractivity contribution in [3.8, 4) is 67.5 Å². The maximum Gasteiger partial charge on any atom is 0.167 e. The van der Waals surface area contributed by atoms with Crippen molar-refractivity contribution in [3.63, 3.8) is 0 Å². The normalized spacial score (nSPS) is 14.4. The van der Waals surface area contributed by atoms with Crippen LogP contribution in [0.3, 0.4) is 0 Å². The van der Waals surface area contributed by atoms with Crippen LogP contribution in [0.25, 0.3) is 89.5 Å². The quantitative estimate of drug-likeness (QED) is 0.182. The Bertz CT molecular complexity index is 3170. The van der Waals surface area contributed by atoms with Gasteiger partial charge >= 0.3 is 0 Å². The van der Waals surface area contributed by atoms with E-state index < -0.39 is 72.0 Å². The molecule has 2 heterocycles. The first kappa shape index (κ1) is 19.2. The maximum absolute atomic E-state index is 9.44. The van der Waals surface area contributed by atoms with Gasteiger partial charge in [-0.05, 0) is 45.5 Å². The van der Waals surface area contributed by atoms with Crippen LogP contribution in [-0.2, 0) is 0 Å². The molecule has 9 rings (SSSR count). The van der Waals surface area contributed by atoms with Gasteiger partial charge in [0, 0.05) is 21.9 Å². The zero-order valence-electron chi connectivity index (χ0n) is 36.6. The molecule has 230 valence electrons. The predicted molar refractivity (Wildman–Crippen MR) is 200 cm³/mol. The number of aromatic nitrogens is 3. The van der Waals surface area contributed by atoms with Crippen molar-refractivity contribution in [3.05, 3.63) is 176 Å². The van der Waals surface area contributed by atoms with Crippen molar-refractivity contribution in [2.45, 2.75) is 0 Å². The number of benzene rings is 7. The van der Waals surface area contributed by atoms with Crippen molar-refractivity contribution in [2.24, 2.45) is 0 Å². The van der Waals surface area contributed by atoms with E-state index >= 15 is 0 Å². The monoisotopic (exact) mass is 638 g/mol. The fourth-order valence-corrected chi connectivity index (χ4v) is 5.83. The zero-order valence-corrected chi connectivity index (χ0v) is 25.6. The first-order valence-electron chi connectivity index (χ1n) is 21.0. The molecule has 0 spiro atoms. The second kappa shape index (κ2) is 12.2. The molecule has 0 saturated carbocycles. The molecule has 2 aromatic heterocycles. The fourth-order valence-electron chi connectivity index (χ4n) is 5.83. The molecule has 9 aromatic rings. The summed E-state index contributed by atoms with van der Waals surface area (Å²) < 4.78 is 102. The largest absolute Gasteiger partial charge is 0.455 e. The van der Waals surface area contributed by atoms with E-state index in [4.69, 9.17) is 31.7 Å². The van der Waals surface area contributed by atoms with Crippen LogP contribution in [0.5, 0.6) is 0 Å². The number of hydrogen-bond acceptors (Lipinski definition) is 4. The number of rotatable bonds is 6. The van der Waals surface area contributed by atoms with E-state index in [2.05, 4.69) is 24.3 Å². The third kappa shape index (κ3) is 5.35. The Morgan fingerprint density at radius 2 is 0.857 bits per heavy atom. The molecule has 0 N–H and O–H groups in total. The highest BCUT2D eigenvalue weighted by molar-refractivity contribution is 6.15. The van der Waals surface area contributed by atoms with E-state index in [1.165, 1.54) is 0 Å². The molecule has 7 aromatic carbocycles. The van der Waals surface area contributed by atoms with Gasteiger partial charge in [0.2, 0.25) is 0 Å². The molecule has 0 radical (unpaired) electrons.